The minimum Gasteiger partial charge on any atom is -0.497 e. The smallest absolute Gasteiger partial charge is 0.122 e. The molecule has 0 spiro atoms. The lowest BCUT2D eigenvalue weighted by Crippen LogP contribution is -2.18. The van der Waals surface area contributed by atoms with Gasteiger partial charge in [0.15, 0.2) is 0 Å². The molecule has 1 heterocycles. The van der Waals surface area contributed by atoms with Crippen LogP contribution in [0.1, 0.15) is 29.9 Å². The van der Waals surface area contributed by atoms with Gasteiger partial charge >= 0.3 is 0 Å². The third-order valence-corrected chi connectivity index (χ3v) is 3.10. The van der Waals surface area contributed by atoms with Crippen LogP contribution in [0, 0.1) is 6.92 Å². The molecule has 3 nitrogen and oxygen atoms in total. The van der Waals surface area contributed by atoms with Crippen molar-refractivity contribution in [3.63, 3.8) is 0 Å². The van der Waals surface area contributed by atoms with Crippen molar-refractivity contribution in [2.75, 3.05) is 7.11 Å². The highest BCUT2D eigenvalue weighted by Gasteiger charge is 2.05. The quantitative estimate of drug-likeness (QED) is 0.891. The first-order chi connectivity index (χ1) is 9.19. The lowest BCUT2D eigenvalue weighted by atomic mass is 10.1. The number of benzene rings is 1. The topological polar surface area (TPSA) is 34.1 Å². The molecule has 2 rings (SSSR count). The van der Waals surface area contributed by atoms with Crippen molar-refractivity contribution in [2.45, 2.75) is 26.4 Å². The van der Waals surface area contributed by atoms with Crippen LogP contribution < -0.4 is 10.1 Å². The predicted octanol–water partition coefficient (Wildman–Crippen LogP) is 3.25. The van der Waals surface area contributed by atoms with Crippen LogP contribution >= 0.6 is 0 Å². The fourth-order valence-electron chi connectivity index (χ4n) is 2.03. The number of nitrogens with one attached hydrogen (secondary N) is 1. The first-order valence-corrected chi connectivity index (χ1v) is 6.49. The third-order valence-electron chi connectivity index (χ3n) is 3.10. The van der Waals surface area contributed by atoms with E-state index in [-0.39, 0.29) is 0 Å². The fourth-order valence-corrected chi connectivity index (χ4v) is 2.03. The third kappa shape index (κ3) is 3.80. The standard InChI is InChI=1S/C16H20N2O/c1-12-9-16(19-3)10-15(18-12)11-17-13(2)14-7-5-4-6-8-14/h4-10,13,17H,11H2,1-3H3. The zero-order valence-electron chi connectivity index (χ0n) is 11.7. The summed E-state index contributed by atoms with van der Waals surface area (Å²) in [5.41, 5.74) is 3.25. The first-order valence-electron chi connectivity index (χ1n) is 6.49. The van der Waals surface area contributed by atoms with Crippen LogP contribution in [0.5, 0.6) is 5.75 Å². The summed E-state index contributed by atoms with van der Waals surface area (Å²) < 4.78 is 5.26. The molecular weight excluding hydrogens is 236 g/mol. The molecule has 0 aliphatic heterocycles. The van der Waals surface area contributed by atoms with Gasteiger partial charge in [0.05, 0.1) is 12.8 Å². The second kappa shape index (κ2) is 6.34. The van der Waals surface area contributed by atoms with Crippen molar-refractivity contribution in [2.24, 2.45) is 0 Å². The van der Waals surface area contributed by atoms with Crippen molar-refractivity contribution >= 4 is 0 Å². The number of hydrogen-bond donors (Lipinski definition) is 1. The van der Waals surface area contributed by atoms with Crippen molar-refractivity contribution in [3.05, 3.63) is 59.4 Å². The second-order valence-corrected chi connectivity index (χ2v) is 4.65. The molecule has 0 aliphatic carbocycles. The van der Waals surface area contributed by atoms with Gasteiger partial charge in [0.1, 0.15) is 5.75 Å². The minimum absolute atomic E-state index is 0.300. The van der Waals surface area contributed by atoms with Gasteiger partial charge in [0.2, 0.25) is 0 Å². The van der Waals surface area contributed by atoms with E-state index in [0.717, 1.165) is 23.7 Å². The number of rotatable bonds is 5. The largest absolute Gasteiger partial charge is 0.497 e. The summed E-state index contributed by atoms with van der Waals surface area (Å²) in [7, 11) is 1.68. The maximum absolute atomic E-state index is 5.26. The number of aromatic nitrogens is 1. The van der Waals surface area contributed by atoms with Gasteiger partial charge in [-0.05, 0) is 19.4 Å². The number of nitrogens with zero attached hydrogens (tertiary/aromatic N) is 1. The van der Waals surface area contributed by atoms with E-state index in [9.17, 15) is 0 Å². The molecule has 100 valence electrons. The summed E-state index contributed by atoms with van der Waals surface area (Å²) in [4.78, 5) is 4.50. The molecule has 1 N–H and O–H groups in total. The molecular formula is C16H20N2O. The normalized spacial score (nSPS) is 12.2. The van der Waals surface area contributed by atoms with E-state index in [2.05, 4.69) is 41.5 Å². The second-order valence-electron chi connectivity index (χ2n) is 4.65. The average molecular weight is 256 g/mol. The highest BCUT2D eigenvalue weighted by Crippen LogP contribution is 2.15. The fraction of sp³-hybridized carbons (Fsp3) is 0.312. The molecule has 3 heteroatoms. The van der Waals surface area contributed by atoms with Crippen LogP contribution in [0.15, 0.2) is 42.5 Å². The van der Waals surface area contributed by atoms with E-state index in [4.69, 9.17) is 4.74 Å². The van der Waals surface area contributed by atoms with Gasteiger partial charge in [-0.3, -0.25) is 4.98 Å². The van der Waals surface area contributed by atoms with E-state index in [1.54, 1.807) is 7.11 Å². The molecule has 1 unspecified atom stereocenters. The van der Waals surface area contributed by atoms with Crippen molar-refractivity contribution in [1.29, 1.82) is 0 Å². The minimum atomic E-state index is 0.300. The van der Waals surface area contributed by atoms with Gasteiger partial charge in [-0.15, -0.1) is 0 Å². The lowest BCUT2D eigenvalue weighted by molar-refractivity contribution is 0.412. The molecule has 2 aromatic rings. The van der Waals surface area contributed by atoms with Crippen LogP contribution in [0.2, 0.25) is 0 Å². The maximum atomic E-state index is 5.26. The van der Waals surface area contributed by atoms with Crippen LogP contribution in [-0.4, -0.2) is 12.1 Å². The molecule has 1 aromatic carbocycles. The highest BCUT2D eigenvalue weighted by atomic mass is 16.5. The van der Waals surface area contributed by atoms with E-state index in [0.29, 0.717) is 6.04 Å². The Kier molecular flexibility index (Phi) is 4.53. The Morgan fingerprint density at radius 2 is 1.95 bits per heavy atom. The van der Waals surface area contributed by atoms with Crippen LogP contribution in [0.4, 0.5) is 0 Å². The van der Waals surface area contributed by atoms with Gasteiger partial charge in [0.25, 0.3) is 0 Å². The van der Waals surface area contributed by atoms with E-state index < -0.39 is 0 Å². The first kappa shape index (κ1) is 13.6. The molecule has 0 aliphatic rings. The Hall–Kier alpha value is -1.87. The highest BCUT2D eigenvalue weighted by molar-refractivity contribution is 5.27. The molecule has 0 saturated carbocycles. The van der Waals surface area contributed by atoms with Crippen molar-refractivity contribution in [3.8, 4) is 5.75 Å². The maximum Gasteiger partial charge on any atom is 0.122 e. The van der Waals surface area contributed by atoms with E-state index >= 15 is 0 Å². The molecule has 1 aromatic heterocycles. The SMILES string of the molecule is COc1cc(C)nc(CNC(C)c2ccccc2)c1. The molecule has 0 bridgehead atoms. The van der Waals surface area contributed by atoms with Crippen LogP contribution in [0.25, 0.3) is 0 Å². The summed E-state index contributed by atoms with van der Waals surface area (Å²) in [6.07, 6.45) is 0. The van der Waals surface area contributed by atoms with Gasteiger partial charge in [0, 0.05) is 30.4 Å². The Morgan fingerprint density at radius 3 is 2.63 bits per heavy atom. The summed E-state index contributed by atoms with van der Waals surface area (Å²) in [6.45, 7) is 4.86. The Morgan fingerprint density at radius 1 is 1.21 bits per heavy atom. The summed E-state index contributed by atoms with van der Waals surface area (Å²) >= 11 is 0. The molecule has 0 fully saturated rings. The Labute approximate surface area is 114 Å². The molecule has 0 saturated heterocycles. The van der Waals surface area contributed by atoms with Gasteiger partial charge in [-0.25, -0.2) is 0 Å². The Bertz CT molecular complexity index is 526. The molecule has 0 amide bonds. The number of methoxy groups -OCH3 is 1. The molecule has 19 heavy (non-hydrogen) atoms. The van der Waals surface area contributed by atoms with Crippen LogP contribution in [0.3, 0.4) is 0 Å². The van der Waals surface area contributed by atoms with Crippen molar-refractivity contribution in [1.82, 2.24) is 10.3 Å². The summed E-state index contributed by atoms with van der Waals surface area (Å²) in [5.74, 6) is 0.858. The number of aryl methyl sites for hydroxylation is 1. The number of pyridine rings is 1. The van der Waals surface area contributed by atoms with Gasteiger partial charge in [-0.1, -0.05) is 30.3 Å². The van der Waals surface area contributed by atoms with Gasteiger partial charge in [-0.2, -0.15) is 0 Å². The number of hydrogen-bond acceptors (Lipinski definition) is 3. The van der Waals surface area contributed by atoms with E-state index in [1.165, 1.54) is 5.56 Å². The molecule has 0 radical (unpaired) electrons. The Balaban J connectivity index is 2.01. The average Bonchev–Trinajstić information content (AvgIpc) is 2.45. The zero-order valence-corrected chi connectivity index (χ0v) is 11.7. The predicted molar refractivity (Wildman–Crippen MR) is 77.2 cm³/mol. The van der Waals surface area contributed by atoms with E-state index in [1.807, 2.05) is 25.1 Å². The lowest BCUT2D eigenvalue weighted by Gasteiger charge is -2.14. The van der Waals surface area contributed by atoms with Crippen molar-refractivity contribution < 1.29 is 4.74 Å². The zero-order chi connectivity index (χ0) is 13.7. The van der Waals surface area contributed by atoms with Crippen LogP contribution in [-0.2, 0) is 6.54 Å². The monoisotopic (exact) mass is 256 g/mol. The van der Waals surface area contributed by atoms with Gasteiger partial charge < -0.3 is 10.1 Å². The summed E-state index contributed by atoms with van der Waals surface area (Å²) in [6, 6.07) is 14.6. The number of ether oxygens (including phenoxy) is 1. The summed E-state index contributed by atoms with van der Waals surface area (Å²) in [5, 5.41) is 3.48. The molecule has 1 atom stereocenters.